The Morgan fingerprint density at radius 2 is 2.09 bits per heavy atom. The highest BCUT2D eigenvalue weighted by Crippen LogP contribution is 2.72. The summed E-state index contributed by atoms with van der Waals surface area (Å²) in [6, 6.07) is 0.454. The minimum atomic E-state index is -0.209. The monoisotopic (exact) mass is 319 g/mol. The molecule has 3 saturated heterocycles. The molecule has 1 amide bonds. The number of piperidine rings is 1. The summed E-state index contributed by atoms with van der Waals surface area (Å²) in [5, 5.41) is 5.49. The molecule has 1 N–H and O–H groups in total. The molecule has 0 aromatic rings. The normalized spacial score (nSPS) is 52.9. The van der Waals surface area contributed by atoms with E-state index in [1.165, 1.54) is 51.6 Å². The van der Waals surface area contributed by atoms with Crippen molar-refractivity contribution in [1.82, 2.24) is 15.3 Å². The summed E-state index contributed by atoms with van der Waals surface area (Å²) >= 11 is 0. The summed E-state index contributed by atoms with van der Waals surface area (Å²) in [4.78, 5) is 20.4. The van der Waals surface area contributed by atoms with Gasteiger partial charge in [0.1, 0.15) is 5.66 Å². The molecule has 2 bridgehead atoms. The zero-order valence-electron chi connectivity index (χ0n) is 14.4. The molecule has 5 nitrogen and oxygen atoms in total. The zero-order chi connectivity index (χ0) is 15.8. The molecule has 5 heteroatoms. The summed E-state index contributed by atoms with van der Waals surface area (Å²) in [6.07, 6.45) is 8.50. The third-order valence-electron chi connectivity index (χ3n) is 7.83. The van der Waals surface area contributed by atoms with Gasteiger partial charge in [-0.3, -0.25) is 5.32 Å². The van der Waals surface area contributed by atoms with E-state index in [-0.39, 0.29) is 17.2 Å². The van der Waals surface area contributed by atoms with Crippen molar-refractivity contribution in [3.05, 3.63) is 0 Å². The predicted octanol–water partition coefficient (Wildman–Crippen LogP) is 2.58. The Kier molecular flexibility index (Phi) is 2.92. The smallest absolute Gasteiger partial charge is 0.348 e. The van der Waals surface area contributed by atoms with Gasteiger partial charge in [0.2, 0.25) is 0 Å². The SMILES string of the molecule is C[C@@H]1C[C@H]2C[C@@H]3[C@@H]4CCCN(C)CCC[C@@]24[C@@]2(C1)NC(=O)ON32. The molecule has 0 aromatic heterocycles. The van der Waals surface area contributed by atoms with Crippen LogP contribution < -0.4 is 5.32 Å². The third-order valence-corrected chi connectivity index (χ3v) is 7.83. The maximum absolute atomic E-state index is 12.1. The van der Waals surface area contributed by atoms with Crippen LogP contribution in [0.1, 0.15) is 51.9 Å². The molecule has 5 aliphatic rings. The number of carbonyl (C=O) groups excluding carboxylic acids is 1. The largest absolute Gasteiger partial charge is 0.427 e. The molecule has 2 spiro atoms. The lowest BCUT2D eigenvalue weighted by atomic mass is 9.54. The molecule has 0 radical (unpaired) electrons. The van der Waals surface area contributed by atoms with E-state index >= 15 is 0 Å². The Labute approximate surface area is 138 Å². The average molecular weight is 319 g/mol. The fraction of sp³-hybridized carbons (Fsp3) is 0.944. The summed E-state index contributed by atoms with van der Waals surface area (Å²) in [5.74, 6) is 2.14. The first-order valence-electron chi connectivity index (χ1n) is 9.55. The van der Waals surface area contributed by atoms with Crippen LogP contribution in [0.4, 0.5) is 4.79 Å². The second kappa shape index (κ2) is 4.63. The summed E-state index contributed by atoms with van der Waals surface area (Å²) < 4.78 is 0. The second-order valence-corrected chi connectivity index (χ2v) is 8.93. The van der Waals surface area contributed by atoms with Crippen molar-refractivity contribution in [2.75, 3.05) is 20.1 Å². The van der Waals surface area contributed by atoms with Gasteiger partial charge in [-0.15, -0.1) is 5.06 Å². The van der Waals surface area contributed by atoms with Crippen LogP contribution in [0.3, 0.4) is 0 Å². The van der Waals surface area contributed by atoms with Crippen LogP contribution in [0.2, 0.25) is 0 Å². The molecule has 5 rings (SSSR count). The van der Waals surface area contributed by atoms with Gasteiger partial charge in [-0.25, -0.2) is 4.79 Å². The average Bonchev–Trinajstić information content (AvgIpc) is 3.03. The van der Waals surface area contributed by atoms with Gasteiger partial charge in [0.15, 0.2) is 0 Å². The Morgan fingerprint density at radius 3 is 2.96 bits per heavy atom. The van der Waals surface area contributed by atoms with E-state index in [9.17, 15) is 4.79 Å². The first kappa shape index (κ1) is 14.5. The van der Waals surface area contributed by atoms with Crippen molar-refractivity contribution in [2.45, 2.75) is 63.6 Å². The van der Waals surface area contributed by atoms with E-state index < -0.39 is 0 Å². The van der Waals surface area contributed by atoms with Gasteiger partial charge in [-0.1, -0.05) is 6.92 Å². The number of carbonyl (C=O) groups is 1. The highest BCUT2D eigenvalue weighted by atomic mass is 16.7. The summed E-state index contributed by atoms with van der Waals surface area (Å²) in [6.45, 7) is 4.75. The fourth-order valence-corrected chi connectivity index (χ4v) is 7.39. The maximum atomic E-state index is 12.1. The molecule has 128 valence electrons. The molecule has 3 heterocycles. The van der Waals surface area contributed by atoms with E-state index in [1.807, 2.05) is 0 Å². The molecular weight excluding hydrogens is 290 g/mol. The topological polar surface area (TPSA) is 44.8 Å². The van der Waals surface area contributed by atoms with E-state index in [4.69, 9.17) is 4.84 Å². The van der Waals surface area contributed by atoms with Gasteiger partial charge in [0.05, 0.1) is 6.04 Å². The van der Waals surface area contributed by atoms with Gasteiger partial charge in [-0.2, -0.15) is 0 Å². The van der Waals surface area contributed by atoms with Gasteiger partial charge in [0.25, 0.3) is 0 Å². The van der Waals surface area contributed by atoms with Crippen molar-refractivity contribution < 1.29 is 9.63 Å². The molecule has 2 saturated carbocycles. The molecule has 2 aliphatic carbocycles. The Bertz CT molecular complexity index is 540. The molecule has 3 aliphatic heterocycles. The lowest BCUT2D eigenvalue weighted by molar-refractivity contribution is -0.211. The number of amides is 1. The van der Waals surface area contributed by atoms with E-state index in [0.717, 1.165) is 12.3 Å². The van der Waals surface area contributed by atoms with Gasteiger partial charge in [-0.05, 0) is 82.8 Å². The Hall–Kier alpha value is -0.810. The van der Waals surface area contributed by atoms with E-state index in [0.29, 0.717) is 17.9 Å². The van der Waals surface area contributed by atoms with Gasteiger partial charge < -0.3 is 9.74 Å². The Morgan fingerprint density at radius 1 is 1.26 bits per heavy atom. The van der Waals surface area contributed by atoms with Gasteiger partial charge in [0, 0.05) is 5.41 Å². The molecule has 23 heavy (non-hydrogen) atoms. The highest BCUT2D eigenvalue weighted by Gasteiger charge is 2.79. The lowest BCUT2D eigenvalue weighted by Crippen LogP contribution is -2.67. The zero-order valence-corrected chi connectivity index (χ0v) is 14.4. The fourth-order valence-electron chi connectivity index (χ4n) is 7.39. The van der Waals surface area contributed by atoms with Crippen LogP contribution in [0.5, 0.6) is 0 Å². The maximum Gasteiger partial charge on any atom is 0.427 e. The number of hydrogen-bond donors (Lipinski definition) is 1. The number of rotatable bonds is 0. The van der Waals surface area contributed by atoms with Crippen molar-refractivity contribution in [1.29, 1.82) is 0 Å². The molecule has 0 aromatic carbocycles. The van der Waals surface area contributed by atoms with Crippen molar-refractivity contribution in [2.24, 2.45) is 23.2 Å². The lowest BCUT2D eigenvalue weighted by Gasteiger charge is -2.56. The first-order chi connectivity index (χ1) is 11.1. The molecular formula is C18H29N3O2. The molecule has 5 fully saturated rings. The quantitative estimate of drug-likeness (QED) is 0.745. The summed E-state index contributed by atoms with van der Waals surface area (Å²) in [7, 11) is 2.25. The van der Waals surface area contributed by atoms with Crippen molar-refractivity contribution >= 4 is 6.09 Å². The number of hydroxylamine groups is 2. The number of nitrogens with one attached hydrogen (secondary N) is 1. The van der Waals surface area contributed by atoms with E-state index in [1.54, 1.807) is 0 Å². The predicted molar refractivity (Wildman–Crippen MR) is 86.4 cm³/mol. The molecule has 0 unspecified atom stereocenters. The van der Waals surface area contributed by atoms with Crippen LogP contribution in [0.25, 0.3) is 0 Å². The number of fused-ring (bicyclic) bond motifs is 1. The number of hydrogen-bond acceptors (Lipinski definition) is 4. The van der Waals surface area contributed by atoms with Crippen LogP contribution in [0, 0.1) is 23.2 Å². The highest BCUT2D eigenvalue weighted by molar-refractivity contribution is 5.71. The summed E-state index contributed by atoms with van der Waals surface area (Å²) in [5.41, 5.74) is 0.0461. The first-order valence-corrected chi connectivity index (χ1v) is 9.55. The van der Waals surface area contributed by atoms with E-state index in [2.05, 4.69) is 29.3 Å². The van der Waals surface area contributed by atoms with Crippen LogP contribution in [0.15, 0.2) is 0 Å². The standard InChI is InChI=1S/C18H29N3O2/c1-12-9-13-10-15-14-5-3-7-20(2)8-4-6-17(13,14)18(11-12)19-16(22)23-21(15)18/h12-15H,3-11H2,1-2H3,(H,19,22)/t12-,13+,14+,15-,17-,18+/m1/s1. The van der Waals surface area contributed by atoms with Crippen molar-refractivity contribution in [3.63, 3.8) is 0 Å². The minimum absolute atomic E-state index is 0.205. The van der Waals surface area contributed by atoms with Crippen LogP contribution >= 0.6 is 0 Å². The Balaban J connectivity index is 1.61. The van der Waals surface area contributed by atoms with Crippen LogP contribution in [-0.2, 0) is 4.84 Å². The third kappa shape index (κ3) is 1.63. The minimum Gasteiger partial charge on any atom is -0.348 e. The van der Waals surface area contributed by atoms with Gasteiger partial charge >= 0.3 is 6.09 Å². The second-order valence-electron chi connectivity index (χ2n) is 8.93. The molecule has 6 atom stereocenters. The number of nitrogens with zero attached hydrogens (tertiary/aromatic N) is 2. The van der Waals surface area contributed by atoms with Crippen molar-refractivity contribution in [3.8, 4) is 0 Å². The van der Waals surface area contributed by atoms with Crippen LogP contribution in [-0.4, -0.2) is 47.9 Å².